The third kappa shape index (κ3) is 3.44. The summed E-state index contributed by atoms with van der Waals surface area (Å²) in [5.74, 6) is 5.62. The quantitative estimate of drug-likeness (QED) is 0.792. The Balaban J connectivity index is 2.05. The lowest BCUT2D eigenvalue weighted by molar-refractivity contribution is 0.0262. The van der Waals surface area contributed by atoms with Crippen LogP contribution in [0.3, 0.4) is 0 Å². The van der Waals surface area contributed by atoms with Crippen LogP contribution in [0.15, 0.2) is 0 Å². The maximum atomic E-state index is 12.3. The van der Waals surface area contributed by atoms with Crippen LogP contribution in [-0.4, -0.2) is 36.3 Å². The van der Waals surface area contributed by atoms with Crippen LogP contribution in [0.2, 0.25) is 0 Å². The number of likely N-dealkylation sites (tertiary alicyclic amines) is 1. The summed E-state index contributed by atoms with van der Waals surface area (Å²) in [5, 5.41) is 0. The molecule has 1 atom stereocenters. The first kappa shape index (κ1) is 15.6. The molecule has 2 aliphatic rings. The molecule has 116 valence electrons. The van der Waals surface area contributed by atoms with Gasteiger partial charge in [0.25, 0.3) is 0 Å². The highest BCUT2D eigenvalue weighted by molar-refractivity contribution is 5.68. The highest BCUT2D eigenvalue weighted by Gasteiger charge is 2.48. The Labute approximate surface area is 121 Å². The largest absolute Gasteiger partial charge is 0.444 e. The van der Waals surface area contributed by atoms with Gasteiger partial charge in [-0.15, -0.1) is 0 Å². The number of hydrogen-bond donors (Lipinski definition) is 1. The molecule has 1 saturated carbocycles. The van der Waals surface area contributed by atoms with Gasteiger partial charge >= 0.3 is 6.09 Å². The third-order valence-electron chi connectivity index (χ3n) is 4.61. The molecule has 1 amide bonds. The standard InChI is InChI=1S/C15H28N2O3/c1-14(2,3)20-13(18)17-9-12(10-19-16)15(11-17)7-5-4-6-8-15/h12H,4-11,16H2,1-3H3. The maximum Gasteiger partial charge on any atom is 0.410 e. The first-order valence-electron chi connectivity index (χ1n) is 7.66. The molecule has 1 saturated heterocycles. The minimum absolute atomic E-state index is 0.189. The van der Waals surface area contributed by atoms with E-state index in [4.69, 9.17) is 15.5 Å². The molecule has 0 bridgehead atoms. The molecule has 2 rings (SSSR count). The van der Waals surface area contributed by atoms with Crippen molar-refractivity contribution < 1.29 is 14.4 Å². The number of nitrogens with two attached hydrogens (primary N) is 1. The van der Waals surface area contributed by atoms with Crippen molar-refractivity contribution in [3.05, 3.63) is 0 Å². The lowest BCUT2D eigenvalue weighted by Crippen LogP contribution is -2.37. The molecular formula is C15H28N2O3. The Morgan fingerprint density at radius 1 is 1.30 bits per heavy atom. The average Bonchev–Trinajstić information content (AvgIpc) is 2.68. The highest BCUT2D eigenvalue weighted by atomic mass is 16.6. The number of carbonyl (C=O) groups excluding carboxylic acids is 1. The van der Waals surface area contributed by atoms with E-state index in [-0.39, 0.29) is 11.5 Å². The van der Waals surface area contributed by atoms with E-state index >= 15 is 0 Å². The monoisotopic (exact) mass is 284 g/mol. The predicted octanol–water partition coefficient (Wildman–Crippen LogP) is 2.69. The summed E-state index contributed by atoms with van der Waals surface area (Å²) in [6, 6.07) is 0. The molecule has 0 aromatic heterocycles. The van der Waals surface area contributed by atoms with Gasteiger partial charge in [0, 0.05) is 19.0 Å². The summed E-state index contributed by atoms with van der Waals surface area (Å²) in [4.78, 5) is 19.0. The Kier molecular flexibility index (Phi) is 4.59. The molecule has 0 aromatic carbocycles. The van der Waals surface area contributed by atoms with E-state index in [2.05, 4.69) is 0 Å². The summed E-state index contributed by atoms with van der Waals surface area (Å²) in [7, 11) is 0. The van der Waals surface area contributed by atoms with Crippen LogP contribution in [0.1, 0.15) is 52.9 Å². The Morgan fingerprint density at radius 3 is 2.50 bits per heavy atom. The van der Waals surface area contributed by atoms with E-state index in [1.165, 1.54) is 32.1 Å². The van der Waals surface area contributed by atoms with Gasteiger partial charge in [-0.2, -0.15) is 0 Å². The van der Waals surface area contributed by atoms with Gasteiger partial charge in [-0.3, -0.25) is 0 Å². The molecule has 2 fully saturated rings. The Hall–Kier alpha value is -0.810. The van der Waals surface area contributed by atoms with E-state index in [0.717, 1.165) is 6.54 Å². The van der Waals surface area contributed by atoms with Gasteiger partial charge in [-0.05, 0) is 39.0 Å². The molecule has 1 spiro atoms. The summed E-state index contributed by atoms with van der Waals surface area (Å²) >= 11 is 0. The number of rotatable bonds is 2. The molecule has 1 aliphatic carbocycles. The summed E-state index contributed by atoms with van der Waals surface area (Å²) in [6.07, 6.45) is 5.90. The number of carbonyl (C=O) groups is 1. The van der Waals surface area contributed by atoms with Gasteiger partial charge in [-0.1, -0.05) is 19.3 Å². The second kappa shape index (κ2) is 5.90. The molecule has 5 nitrogen and oxygen atoms in total. The van der Waals surface area contributed by atoms with E-state index in [1.54, 1.807) is 0 Å². The Bertz CT molecular complexity index is 346. The van der Waals surface area contributed by atoms with E-state index in [1.807, 2.05) is 25.7 Å². The van der Waals surface area contributed by atoms with Crippen molar-refractivity contribution in [2.45, 2.75) is 58.5 Å². The van der Waals surface area contributed by atoms with Crippen molar-refractivity contribution in [3.63, 3.8) is 0 Å². The normalized spacial score (nSPS) is 26.0. The fourth-order valence-electron chi connectivity index (χ4n) is 3.67. The molecule has 1 unspecified atom stereocenters. The SMILES string of the molecule is CC(C)(C)OC(=O)N1CC(CON)C2(CCCCC2)C1. The van der Waals surface area contributed by atoms with Crippen molar-refractivity contribution in [3.8, 4) is 0 Å². The van der Waals surface area contributed by atoms with Crippen molar-refractivity contribution in [2.75, 3.05) is 19.7 Å². The van der Waals surface area contributed by atoms with Crippen LogP contribution in [0, 0.1) is 11.3 Å². The van der Waals surface area contributed by atoms with E-state index < -0.39 is 5.60 Å². The van der Waals surface area contributed by atoms with Gasteiger partial charge in [-0.25, -0.2) is 10.7 Å². The minimum Gasteiger partial charge on any atom is -0.444 e. The number of nitrogens with zero attached hydrogens (tertiary/aromatic N) is 1. The average molecular weight is 284 g/mol. The van der Waals surface area contributed by atoms with Crippen LogP contribution in [0.5, 0.6) is 0 Å². The van der Waals surface area contributed by atoms with Gasteiger partial charge in [0.1, 0.15) is 5.60 Å². The molecule has 20 heavy (non-hydrogen) atoms. The fourth-order valence-corrected chi connectivity index (χ4v) is 3.67. The lowest BCUT2D eigenvalue weighted by Gasteiger charge is -2.37. The molecule has 5 heteroatoms. The first-order valence-corrected chi connectivity index (χ1v) is 7.66. The molecule has 0 aromatic rings. The predicted molar refractivity (Wildman–Crippen MR) is 77.0 cm³/mol. The van der Waals surface area contributed by atoms with Crippen molar-refractivity contribution in [1.82, 2.24) is 4.90 Å². The van der Waals surface area contributed by atoms with Gasteiger partial charge in [0.05, 0.1) is 6.61 Å². The second-order valence-corrected chi connectivity index (χ2v) is 7.31. The zero-order chi connectivity index (χ0) is 14.8. The van der Waals surface area contributed by atoms with Crippen molar-refractivity contribution in [2.24, 2.45) is 17.2 Å². The van der Waals surface area contributed by atoms with E-state index in [9.17, 15) is 4.79 Å². The number of hydrogen-bond acceptors (Lipinski definition) is 4. The fraction of sp³-hybridized carbons (Fsp3) is 0.933. The van der Waals surface area contributed by atoms with E-state index in [0.29, 0.717) is 19.1 Å². The molecule has 1 aliphatic heterocycles. The molecule has 0 radical (unpaired) electrons. The van der Waals surface area contributed by atoms with Crippen LogP contribution in [0.4, 0.5) is 4.79 Å². The third-order valence-corrected chi connectivity index (χ3v) is 4.61. The number of ether oxygens (including phenoxy) is 1. The van der Waals surface area contributed by atoms with Gasteiger partial charge in [0.15, 0.2) is 0 Å². The Morgan fingerprint density at radius 2 is 1.95 bits per heavy atom. The van der Waals surface area contributed by atoms with Crippen molar-refractivity contribution >= 4 is 6.09 Å². The number of amides is 1. The van der Waals surface area contributed by atoms with Crippen LogP contribution >= 0.6 is 0 Å². The van der Waals surface area contributed by atoms with Crippen LogP contribution in [-0.2, 0) is 9.57 Å². The minimum atomic E-state index is -0.445. The summed E-state index contributed by atoms with van der Waals surface area (Å²) < 4.78 is 5.50. The summed E-state index contributed by atoms with van der Waals surface area (Å²) in [5.41, 5.74) is -0.256. The summed E-state index contributed by atoms with van der Waals surface area (Å²) in [6.45, 7) is 7.72. The smallest absolute Gasteiger partial charge is 0.410 e. The molecule has 2 N–H and O–H groups in total. The second-order valence-electron chi connectivity index (χ2n) is 7.31. The van der Waals surface area contributed by atoms with Gasteiger partial charge in [0.2, 0.25) is 0 Å². The highest BCUT2D eigenvalue weighted by Crippen LogP contribution is 2.47. The van der Waals surface area contributed by atoms with Crippen LogP contribution < -0.4 is 5.90 Å². The van der Waals surface area contributed by atoms with Crippen LogP contribution in [0.25, 0.3) is 0 Å². The molecule has 1 heterocycles. The lowest BCUT2D eigenvalue weighted by atomic mass is 9.68. The zero-order valence-corrected chi connectivity index (χ0v) is 13.0. The molecular weight excluding hydrogens is 256 g/mol. The van der Waals surface area contributed by atoms with Crippen molar-refractivity contribution in [1.29, 1.82) is 0 Å². The zero-order valence-electron chi connectivity index (χ0n) is 13.0. The van der Waals surface area contributed by atoms with Gasteiger partial charge < -0.3 is 14.5 Å². The first-order chi connectivity index (χ1) is 9.36. The maximum absolute atomic E-state index is 12.3. The topological polar surface area (TPSA) is 64.8 Å².